The molecule has 150 valence electrons. The van der Waals surface area contributed by atoms with Gasteiger partial charge in [0, 0.05) is 55.4 Å². The smallest absolute Gasteiger partial charge is 0.219 e. The Morgan fingerprint density at radius 2 is 2.00 bits per heavy atom. The lowest BCUT2D eigenvalue weighted by atomic mass is 9.90. The molecule has 0 radical (unpaired) electrons. The first kappa shape index (κ1) is 18.3. The highest BCUT2D eigenvalue weighted by Gasteiger charge is 2.52. The van der Waals surface area contributed by atoms with Gasteiger partial charge in [-0.15, -0.1) is 0 Å². The van der Waals surface area contributed by atoms with E-state index in [-0.39, 0.29) is 17.7 Å². The number of amides is 1. The Morgan fingerprint density at radius 1 is 1.24 bits per heavy atom. The van der Waals surface area contributed by atoms with Gasteiger partial charge in [-0.3, -0.25) is 4.79 Å². The Labute approximate surface area is 174 Å². The third kappa shape index (κ3) is 2.94. The largest absolute Gasteiger partial charge is 0.507 e. The third-order valence-corrected chi connectivity index (χ3v) is 6.40. The molecule has 29 heavy (non-hydrogen) atoms. The molecule has 3 aliphatic rings. The number of phenolic OH excluding ortho intramolecular Hbond substituents is 1. The number of para-hydroxylation sites is 1. The first-order valence-electron chi connectivity index (χ1n) is 9.86. The topological polar surface area (TPSA) is 65.4 Å². The summed E-state index contributed by atoms with van der Waals surface area (Å²) in [4.78, 5) is 13.7. The van der Waals surface area contributed by atoms with E-state index in [2.05, 4.69) is 11.1 Å². The number of benzene rings is 2. The molecule has 3 aliphatic heterocycles. The van der Waals surface area contributed by atoms with Crippen molar-refractivity contribution in [1.29, 1.82) is 0 Å². The molecule has 1 fully saturated rings. The van der Waals surface area contributed by atoms with Gasteiger partial charge in [0.25, 0.3) is 0 Å². The number of ether oxygens (including phenoxy) is 1. The van der Waals surface area contributed by atoms with Crippen molar-refractivity contribution in [2.45, 2.75) is 38.0 Å². The second-order valence-corrected chi connectivity index (χ2v) is 8.30. The van der Waals surface area contributed by atoms with Crippen LogP contribution in [0.2, 0.25) is 5.02 Å². The fourth-order valence-electron chi connectivity index (χ4n) is 4.63. The average molecular weight is 412 g/mol. The van der Waals surface area contributed by atoms with E-state index in [9.17, 15) is 9.90 Å². The lowest BCUT2D eigenvalue weighted by molar-refractivity contribution is -0.158. The Bertz CT molecular complexity index is 1010. The van der Waals surface area contributed by atoms with Gasteiger partial charge in [0.15, 0.2) is 0 Å². The maximum absolute atomic E-state index is 11.8. The molecule has 0 aromatic heterocycles. The number of carbonyl (C=O) groups is 1. The summed E-state index contributed by atoms with van der Waals surface area (Å²) >= 11 is 6.18. The van der Waals surface area contributed by atoms with E-state index in [1.165, 1.54) is 0 Å². The molecule has 1 N–H and O–H groups in total. The van der Waals surface area contributed by atoms with Gasteiger partial charge in [-0.1, -0.05) is 29.8 Å². The molecule has 0 saturated carbocycles. The van der Waals surface area contributed by atoms with E-state index in [1.807, 2.05) is 23.1 Å². The molecule has 1 amide bonds. The van der Waals surface area contributed by atoms with Gasteiger partial charge in [-0.2, -0.15) is 5.10 Å². The van der Waals surface area contributed by atoms with Gasteiger partial charge < -0.3 is 14.7 Å². The summed E-state index contributed by atoms with van der Waals surface area (Å²) in [5, 5.41) is 17.9. The van der Waals surface area contributed by atoms with Crippen LogP contribution in [0.4, 0.5) is 0 Å². The zero-order chi connectivity index (χ0) is 20.2. The monoisotopic (exact) mass is 411 g/mol. The molecule has 0 aliphatic carbocycles. The molecule has 5 rings (SSSR count). The summed E-state index contributed by atoms with van der Waals surface area (Å²) in [7, 11) is 0. The van der Waals surface area contributed by atoms with E-state index in [1.54, 1.807) is 25.1 Å². The normalized spacial score (nSPS) is 22.0. The van der Waals surface area contributed by atoms with Gasteiger partial charge in [0.1, 0.15) is 11.5 Å². The fourth-order valence-corrected chi connectivity index (χ4v) is 4.80. The summed E-state index contributed by atoms with van der Waals surface area (Å²) in [6.45, 7) is 2.87. The molecule has 6 nitrogen and oxygen atoms in total. The van der Waals surface area contributed by atoms with Crippen molar-refractivity contribution in [2.75, 3.05) is 13.1 Å². The van der Waals surface area contributed by atoms with Gasteiger partial charge >= 0.3 is 0 Å². The van der Waals surface area contributed by atoms with Crippen LogP contribution in [0.5, 0.6) is 11.5 Å². The summed E-state index contributed by atoms with van der Waals surface area (Å²) in [5.41, 5.74) is 1.94. The number of rotatable bonds is 1. The van der Waals surface area contributed by atoms with Crippen molar-refractivity contribution in [1.82, 2.24) is 9.91 Å². The summed E-state index contributed by atoms with van der Waals surface area (Å²) < 4.78 is 6.53. The van der Waals surface area contributed by atoms with Crippen LogP contribution in [0.3, 0.4) is 0 Å². The van der Waals surface area contributed by atoms with Gasteiger partial charge in [0.2, 0.25) is 11.6 Å². The van der Waals surface area contributed by atoms with Crippen LogP contribution in [0.15, 0.2) is 47.6 Å². The number of hydrazone groups is 1. The highest BCUT2D eigenvalue weighted by atomic mass is 35.5. The number of likely N-dealkylation sites (tertiary alicyclic amines) is 1. The Balaban J connectivity index is 1.56. The number of fused-ring (bicyclic) bond motifs is 4. The van der Waals surface area contributed by atoms with E-state index < -0.39 is 5.72 Å². The molecule has 0 unspecified atom stereocenters. The second-order valence-electron chi connectivity index (χ2n) is 7.86. The number of piperidine rings is 1. The molecule has 1 atom stereocenters. The maximum atomic E-state index is 11.8. The molecule has 2 aromatic rings. The van der Waals surface area contributed by atoms with Crippen LogP contribution in [0.25, 0.3) is 0 Å². The number of carbonyl (C=O) groups excluding carboxylic acids is 1. The second kappa shape index (κ2) is 6.66. The number of hydrogen-bond acceptors (Lipinski definition) is 5. The lowest BCUT2D eigenvalue weighted by Gasteiger charge is -2.51. The minimum atomic E-state index is -0.596. The van der Waals surface area contributed by atoms with Crippen molar-refractivity contribution in [2.24, 2.45) is 5.10 Å². The number of halogens is 1. The molecule has 7 heteroatoms. The minimum absolute atomic E-state index is 0.0252. The van der Waals surface area contributed by atoms with Gasteiger partial charge in [-0.25, -0.2) is 5.01 Å². The van der Waals surface area contributed by atoms with Crippen LogP contribution in [0.1, 0.15) is 43.4 Å². The molecular formula is C22H22ClN3O3. The predicted octanol–water partition coefficient (Wildman–Crippen LogP) is 3.93. The van der Waals surface area contributed by atoms with Crippen LogP contribution in [-0.4, -0.2) is 45.4 Å². The first-order valence-corrected chi connectivity index (χ1v) is 10.2. The Kier molecular flexibility index (Phi) is 4.21. The average Bonchev–Trinajstić information content (AvgIpc) is 3.17. The quantitative estimate of drug-likeness (QED) is 0.772. The van der Waals surface area contributed by atoms with E-state index in [4.69, 9.17) is 21.4 Å². The zero-order valence-electron chi connectivity index (χ0n) is 16.1. The van der Waals surface area contributed by atoms with Crippen LogP contribution < -0.4 is 4.74 Å². The van der Waals surface area contributed by atoms with Crippen LogP contribution in [-0.2, 0) is 4.79 Å². The van der Waals surface area contributed by atoms with Crippen molar-refractivity contribution in [3.8, 4) is 11.5 Å². The highest BCUT2D eigenvalue weighted by molar-refractivity contribution is 6.31. The number of hydrogen-bond donors (Lipinski definition) is 1. The molecule has 2 aromatic carbocycles. The molecular weight excluding hydrogens is 390 g/mol. The fraction of sp³-hybridized carbons (Fsp3) is 0.364. The molecule has 3 heterocycles. The van der Waals surface area contributed by atoms with E-state index in [0.29, 0.717) is 42.9 Å². The summed E-state index contributed by atoms with van der Waals surface area (Å²) in [6, 6.07) is 13.1. The SMILES string of the molecule is CC(=O)N1CCC2(CC1)Oc1ccccc1[C@H]1CC(c3cc(Cl)ccc3O)=NN12. The Morgan fingerprint density at radius 3 is 2.76 bits per heavy atom. The summed E-state index contributed by atoms with van der Waals surface area (Å²) in [6.07, 6.45) is 2.01. The van der Waals surface area contributed by atoms with Crippen molar-refractivity contribution in [3.63, 3.8) is 0 Å². The van der Waals surface area contributed by atoms with Gasteiger partial charge in [-0.05, 0) is 24.3 Å². The summed E-state index contributed by atoms with van der Waals surface area (Å²) in [5.74, 6) is 1.13. The van der Waals surface area contributed by atoms with Crippen molar-refractivity contribution < 1.29 is 14.6 Å². The van der Waals surface area contributed by atoms with Crippen molar-refractivity contribution in [3.05, 3.63) is 58.6 Å². The number of nitrogens with zero attached hydrogens (tertiary/aromatic N) is 3. The maximum Gasteiger partial charge on any atom is 0.219 e. The van der Waals surface area contributed by atoms with Crippen LogP contribution >= 0.6 is 11.6 Å². The standard InChI is InChI=1S/C22H22ClN3O3/c1-14(27)25-10-8-22(9-11-25)26-19(16-4-2-3-5-21(16)29-22)13-18(24-26)17-12-15(23)6-7-20(17)28/h2-7,12,19,28H,8-11,13H2,1H3/t19-/m1/s1. The number of aromatic hydroxyl groups is 1. The van der Waals surface area contributed by atoms with Gasteiger partial charge in [0.05, 0.1) is 11.8 Å². The Hall–Kier alpha value is -2.73. The lowest BCUT2D eigenvalue weighted by Crippen LogP contribution is -2.59. The van der Waals surface area contributed by atoms with Crippen LogP contribution in [0, 0.1) is 0 Å². The number of phenols is 1. The third-order valence-electron chi connectivity index (χ3n) is 6.17. The highest BCUT2D eigenvalue weighted by Crippen LogP contribution is 2.50. The van der Waals surface area contributed by atoms with E-state index >= 15 is 0 Å². The molecule has 1 saturated heterocycles. The van der Waals surface area contributed by atoms with E-state index in [0.717, 1.165) is 17.0 Å². The minimum Gasteiger partial charge on any atom is -0.507 e. The van der Waals surface area contributed by atoms with Crippen molar-refractivity contribution >= 4 is 23.2 Å². The zero-order valence-corrected chi connectivity index (χ0v) is 16.9. The predicted molar refractivity (Wildman–Crippen MR) is 110 cm³/mol. The first-order chi connectivity index (χ1) is 14.0. The molecule has 0 bridgehead atoms. The molecule has 1 spiro atoms.